The number of rotatable bonds is 7. The van der Waals surface area contributed by atoms with Gasteiger partial charge in [0.15, 0.2) is 5.13 Å². The largest absolute Gasteiger partial charge is 0.465 e. The molecule has 0 saturated heterocycles. The predicted octanol–water partition coefficient (Wildman–Crippen LogP) is 3.20. The third-order valence-electron chi connectivity index (χ3n) is 3.46. The summed E-state index contributed by atoms with van der Waals surface area (Å²) in [5.74, 6) is 0.702. The van der Waals surface area contributed by atoms with Gasteiger partial charge in [0.2, 0.25) is 0 Å². The minimum atomic E-state index is -0.678. The van der Waals surface area contributed by atoms with Gasteiger partial charge in [-0.25, -0.2) is 4.98 Å². The van der Waals surface area contributed by atoms with Crippen LogP contribution in [-0.4, -0.2) is 24.1 Å². The summed E-state index contributed by atoms with van der Waals surface area (Å²) >= 11 is 1.55. The Bertz CT molecular complexity index is 438. The Kier molecular flexibility index (Phi) is 4.45. The predicted molar refractivity (Wildman–Crippen MR) is 77.6 cm³/mol. The van der Waals surface area contributed by atoms with Gasteiger partial charge in [-0.05, 0) is 33.1 Å². The Morgan fingerprint density at radius 2 is 2.32 bits per heavy atom. The lowest BCUT2D eigenvalue weighted by Gasteiger charge is -2.19. The standard InChI is InChI=1S/C14H22N2O2S/c1-4-18-12(17)14(2,3)11-9-19-13(16-11)15-8-7-10-5-6-10/h9-10H,4-8H2,1-3H3,(H,15,16). The number of ether oxygens (including phenoxy) is 1. The smallest absolute Gasteiger partial charge is 0.317 e. The molecule has 0 amide bonds. The number of esters is 1. The molecule has 1 aromatic rings. The van der Waals surface area contributed by atoms with Crippen LogP contribution in [0.3, 0.4) is 0 Å². The van der Waals surface area contributed by atoms with Crippen LogP contribution >= 0.6 is 11.3 Å². The van der Waals surface area contributed by atoms with Gasteiger partial charge < -0.3 is 10.1 Å². The highest BCUT2D eigenvalue weighted by atomic mass is 32.1. The van der Waals surface area contributed by atoms with Crippen molar-refractivity contribution in [3.05, 3.63) is 11.1 Å². The van der Waals surface area contributed by atoms with E-state index < -0.39 is 5.41 Å². The normalized spacial score (nSPS) is 15.3. The molecule has 0 unspecified atom stereocenters. The number of hydrogen-bond acceptors (Lipinski definition) is 5. The van der Waals surface area contributed by atoms with Gasteiger partial charge in [0, 0.05) is 11.9 Å². The fourth-order valence-corrected chi connectivity index (χ4v) is 2.75. The maximum absolute atomic E-state index is 11.9. The van der Waals surface area contributed by atoms with Gasteiger partial charge in [0.25, 0.3) is 0 Å². The average molecular weight is 282 g/mol. The van der Waals surface area contributed by atoms with Crippen molar-refractivity contribution in [3.8, 4) is 0 Å². The van der Waals surface area contributed by atoms with E-state index in [0.717, 1.165) is 23.3 Å². The SMILES string of the molecule is CCOC(=O)C(C)(C)c1csc(NCCC2CC2)n1. The van der Waals surface area contributed by atoms with E-state index in [2.05, 4.69) is 10.3 Å². The molecule has 1 fully saturated rings. The Morgan fingerprint density at radius 3 is 2.95 bits per heavy atom. The van der Waals surface area contributed by atoms with Crippen LogP contribution < -0.4 is 5.32 Å². The first kappa shape index (κ1) is 14.3. The van der Waals surface area contributed by atoms with Crippen LogP contribution in [0.15, 0.2) is 5.38 Å². The zero-order valence-electron chi connectivity index (χ0n) is 11.9. The summed E-state index contributed by atoms with van der Waals surface area (Å²) in [6.45, 7) is 6.90. The summed E-state index contributed by atoms with van der Waals surface area (Å²) in [6.07, 6.45) is 3.97. The van der Waals surface area contributed by atoms with E-state index in [-0.39, 0.29) is 5.97 Å². The quantitative estimate of drug-likeness (QED) is 0.780. The van der Waals surface area contributed by atoms with Crippen molar-refractivity contribution in [3.63, 3.8) is 0 Å². The Labute approximate surface area is 118 Å². The second kappa shape index (κ2) is 5.90. The molecule has 0 bridgehead atoms. The zero-order valence-corrected chi connectivity index (χ0v) is 12.7. The van der Waals surface area contributed by atoms with E-state index in [0.29, 0.717) is 6.61 Å². The summed E-state index contributed by atoms with van der Waals surface area (Å²) in [7, 11) is 0. The van der Waals surface area contributed by atoms with Gasteiger partial charge in [-0.3, -0.25) is 4.79 Å². The maximum atomic E-state index is 11.9. The van der Waals surface area contributed by atoms with Crippen LogP contribution in [-0.2, 0) is 14.9 Å². The molecular formula is C14H22N2O2S. The number of thiazole rings is 1. The molecule has 0 spiro atoms. The fourth-order valence-electron chi connectivity index (χ4n) is 1.85. The number of hydrogen-bond donors (Lipinski definition) is 1. The molecule has 1 N–H and O–H groups in total. The molecule has 0 radical (unpaired) electrons. The van der Waals surface area contributed by atoms with Crippen LogP contribution in [0.25, 0.3) is 0 Å². The molecule has 1 saturated carbocycles. The summed E-state index contributed by atoms with van der Waals surface area (Å²) < 4.78 is 5.10. The maximum Gasteiger partial charge on any atom is 0.317 e. The first-order valence-corrected chi connectivity index (χ1v) is 7.79. The Hall–Kier alpha value is -1.10. The van der Waals surface area contributed by atoms with Gasteiger partial charge in [-0.15, -0.1) is 11.3 Å². The number of carbonyl (C=O) groups is 1. The number of nitrogens with one attached hydrogen (secondary N) is 1. The highest BCUT2D eigenvalue weighted by Crippen LogP contribution is 2.32. The minimum Gasteiger partial charge on any atom is -0.465 e. The van der Waals surface area contributed by atoms with E-state index in [1.54, 1.807) is 11.3 Å². The third-order valence-corrected chi connectivity index (χ3v) is 4.26. The second-order valence-corrected chi connectivity index (χ2v) is 6.40. The molecule has 0 aromatic carbocycles. The zero-order chi connectivity index (χ0) is 13.9. The Balaban J connectivity index is 1.92. The molecule has 5 heteroatoms. The second-order valence-electron chi connectivity index (χ2n) is 5.54. The van der Waals surface area contributed by atoms with Crippen molar-refractivity contribution in [2.45, 2.75) is 45.4 Å². The minimum absolute atomic E-state index is 0.218. The summed E-state index contributed by atoms with van der Waals surface area (Å²) in [4.78, 5) is 16.4. The summed E-state index contributed by atoms with van der Waals surface area (Å²) in [6, 6.07) is 0. The van der Waals surface area contributed by atoms with E-state index in [4.69, 9.17) is 4.74 Å². The molecule has 0 atom stereocenters. The van der Waals surface area contributed by atoms with Crippen LogP contribution in [0.2, 0.25) is 0 Å². The molecule has 2 rings (SSSR count). The molecule has 1 aliphatic rings. The molecule has 1 heterocycles. The summed E-state index contributed by atoms with van der Waals surface area (Å²) in [5.41, 5.74) is 0.105. The monoisotopic (exact) mass is 282 g/mol. The van der Waals surface area contributed by atoms with Crippen LogP contribution in [0.4, 0.5) is 5.13 Å². The molecular weight excluding hydrogens is 260 g/mol. The van der Waals surface area contributed by atoms with Crippen molar-refractivity contribution in [1.82, 2.24) is 4.98 Å². The third kappa shape index (κ3) is 3.69. The highest BCUT2D eigenvalue weighted by molar-refractivity contribution is 7.13. The lowest BCUT2D eigenvalue weighted by atomic mass is 9.90. The van der Waals surface area contributed by atoms with Crippen molar-refractivity contribution in [2.24, 2.45) is 5.92 Å². The molecule has 1 aliphatic carbocycles. The number of carbonyl (C=O) groups excluding carboxylic acids is 1. The molecule has 19 heavy (non-hydrogen) atoms. The van der Waals surface area contributed by atoms with Crippen LogP contribution in [0, 0.1) is 5.92 Å². The summed E-state index contributed by atoms with van der Waals surface area (Å²) in [5, 5.41) is 6.17. The lowest BCUT2D eigenvalue weighted by Crippen LogP contribution is -2.31. The van der Waals surface area contributed by atoms with E-state index >= 15 is 0 Å². The van der Waals surface area contributed by atoms with Gasteiger partial charge >= 0.3 is 5.97 Å². The van der Waals surface area contributed by atoms with Gasteiger partial charge in [0.05, 0.1) is 12.3 Å². The number of anilines is 1. The van der Waals surface area contributed by atoms with Crippen molar-refractivity contribution in [1.29, 1.82) is 0 Å². The highest BCUT2D eigenvalue weighted by Gasteiger charge is 2.33. The van der Waals surface area contributed by atoms with E-state index in [1.165, 1.54) is 19.3 Å². The molecule has 0 aliphatic heterocycles. The number of nitrogens with zero attached hydrogens (tertiary/aromatic N) is 1. The lowest BCUT2D eigenvalue weighted by molar-refractivity contribution is -0.148. The topological polar surface area (TPSA) is 51.2 Å². The first-order valence-electron chi connectivity index (χ1n) is 6.91. The Morgan fingerprint density at radius 1 is 1.58 bits per heavy atom. The van der Waals surface area contributed by atoms with Gasteiger partial charge in [-0.1, -0.05) is 12.8 Å². The van der Waals surface area contributed by atoms with Gasteiger partial charge in [-0.2, -0.15) is 0 Å². The van der Waals surface area contributed by atoms with Crippen molar-refractivity contribution >= 4 is 22.4 Å². The van der Waals surface area contributed by atoms with E-state index in [9.17, 15) is 4.79 Å². The number of aromatic nitrogens is 1. The molecule has 4 nitrogen and oxygen atoms in total. The molecule has 106 valence electrons. The van der Waals surface area contributed by atoms with Crippen LogP contribution in [0.1, 0.15) is 45.7 Å². The fraction of sp³-hybridized carbons (Fsp3) is 0.714. The van der Waals surface area contributed by atoms with Crippen molar-refractivity contribution < 1.29 is 9.53 Å². The molecule has 1 aromatic heterocycles. The average Bonchev–Trinajstić information content (AvgIpc) is 3.05. The van der Waals surface area contributed by atoms with Crippen molar-refractivity contribution in [2.75, 3.05) is 18.5 Å². The first-order chi connectivity index (χ1) is 9.04. The van der Waals surface area contributed by atoms with Crippen LogP contribution in [0.5, 0.6) is 0 Å². The van der Waals surface area contributed by atoms with Gasteiger partial charge in [0.1, 0.15) is 5.41 Å². The van der Waals surface area contributed by atoms with E-state index in [1.807, 2.05) is 26.2 Å².